The summed E-state index contributed by atoms with van der Waals surface area (Å²) in [6.45, 7) is 3.39. The maximum absolute atomic E-state index is 12.5. The van der Waals surface area contributed by atoms with Crippen LogP contribution in [-0.2, 0) is 11.2 Å². The molecule has 1 aromatic heterocycles. The molecular formula is C21H26N2O2S. The van der Waals surface area contributed by atoms with E-state index in [0.29, 0.717) is 13.1 Å². The molecule has 1 aliphatic heterocycles. The number of amides is 2. The third-order valence-corrected chi connectivity index (χ3v) is 5.84. The first-order chi connectivity index (χ1) is 12.6. The SMILES string of the molecule is C[C@@H](CCc1ccccc1)NC(=O)C1CCN(C(=O)c2cccs2)CC1. The van der Waals surface area contributed by atoms with E-state index in [0.717, 1.165) is 30.6 Å². The average molecular weight is 371 g/mol. The first-order valence-electron chi connectivity index (χ1n) is 9.30. The molecule has 0 aliphatic carbocycles. The van der Waals surface area contributed by atoms with Gasteiger partial charge in [0.25, 0.3) is 5.91 Å². The zero-order chi connectivity index (χ0) is 18.4. The van der Waals surface area contributed by atoms with Crippen LogP contribution in [0.4, 0.5) is 0 Å². The smallest absolute Gasteiger partial charge is 0.263 e. The highest BCUT2D eigenvalue weighted by molar-refractivity contribution is 7.12. The monoisotopic (exact) mass is 370 g/mol. The molecule has 1 atom stereocenters. The maximum atomic E-state index is 12.5. The number of nitrogens with one attached hydrogen (secondary N) is 1. The summed E-state index contributed by atoms with van der Waals surface area (Å²) in [5, 5.41) is 5.07. The predicted molar refractivity (Wildman–Crippen MR) is 105 cm³/mol. The van der Waals surface area contributed by atoms with Crippen LogP contribution in [0.15, 0.2) is 47.8 Å². The fraction of sp³-hybridized carbons (Fsp3) is 0.429. The lowest BCUT2D eigenvalue weighted by Gasteiger charge is -2.31. The van der Waals surface area contributed by atoms with Crippen molar-refractivity contribution >= 4 is 23.2 Å². The lowest BCUT2D eigenvalue weighted by atomic mass is 9.95. The van der Waals surface area contributed by atoms with Gasteiger partial charge in [-0.05, 0) is 49.6 Å². The van der Waals surface area contributed by atoms with E-state index < -0.39 is 0 Å². The van der Waals surface area contributed by atoms with E-state index >= 15 is 0 Å². The molecule has 2 amide bonds. The first kappa shape index (κ1) is 18.6. The highest BCUT2D eigenvalue weighted by Gasteiger charge is 2.28. The number of hydrogen-bond acceptors (Lipinski definition) is 3. The van der Waals surface area contributed by atoms with Crippen LogP contribution in [0.5, 0.6) is 0 Å². The second kappa shape index (κ2) is 8.99. The number of carbonyl (C=O) groups is 2. The number of carbonyl (C=O) groups excluding carboxylic acids is 2. The van der Waals surface area contributed by atoms with Crippen LogP contribution in [0, 0.1) is 5.92 Å². The summed E-state index contributed by atoms with van der Waals surface area (Å²) in [5.41, 5.74) is 1.30. The summed E-state index contributed by atoms with van der Waals surface area (Å²) in [7, 11) is 0. The van der Waals surface area contributed by atoms with Crippen molar-refractivity contribution in [2.75, 3.05) is 13.1 Å². The number of thiophene rings is 1. The van der Waals surface area contributed by atoms with Crippen molar-refractivity contribution in [1.29, 1.82) is 0 Å². The van der Waals surface area contributed by atoms with E-state index in [1.165, 1.54) is 16.9 Å². The van der Waals surface area contributed by atoms with Gasteiger partial charge in [-0.2, -0.15) is 0 Å². The summed E-state index contributed by atoms with van der Waals surface area (Å²) in [6, 6.07) is 14.3. The molecule has 1 saturated heterocycles. The fourth-order valence-electron chi connectivity index (χ4n) is 3.36. The molecule has 1 fully saturated rings. The molecule has 138 valence electrons. The molecule has 2 aromatic rings. The first-order valence-corrected chi connectivity index (χ1v) is 10.2. The van der Waals surface area contributed by atoms with Gasteiger partial charge in [-0.15, -0.1) is 11.3 Å². The van der Waals surface area contributed by atoms with Gasteiger partial charge in [-0.1, -0.05) is 36.4 Å². The van der Waals surface area contributed by atoms with Crippen molar-refractivity contribution in [3.8, 4) is 0 Å². The number of aryl methyl sites for hydroxylation is 1. The van der Waals surface area contributed by atoms with E-state index in [2.05, 4.69) is 24.4 Å². The third-order valence-electron chi connectivity index (χ3n) is 4.98. The number of hydrogen-bond donors (Lipinski definition) is 1. The summed E-state index contributed by atoms with van der Waals surface area (Å²) < 4.78 is 0. The Labute approximate surface area is 159 Å². The average Bonchev–Trinajstić information content (AvgIpc) is 3.21. The summed E-state index contributed by atoms with van der Waals surface area (Å²) in [4.78, 5) is 27.5. The highest BCUT2D eigenvalue weighted by atomic mass is 32.1. The molecule has 0 unspecified atom stereocenters. The van der Waals surface area contributed by atoms with E-state index in [1.807, 2.05) is 40.6 Å². The molecule has 1 aromatic carbocycles. The molecule has 0 saturated carbocycles. The largest absolute Gasteiger partial charge is 0.353 e. The minimum absolute atomic E-state index is 0.0153. The summed E-state index contributed by atoms with van der Waals surface area (Å²) in [6.07, 6.45) is 3.39. The topological polar surface area (TPSA) is 49.4 Å². The van der Waals surface area contributed by atoms with Crippen LogP contribution in [0.3, 0.4) is 0 Å². The van der Waals surface area contributed by atoms with Crippen molar-refractivity contribution in [2.45, 2.75) is 38.6 Å². The minimum atomic E-state index is 0.0153. The summed E-state index contributed by atoms with van der Waals surface area (Å²) in [5.74, 6) is 0.241. The van der Waals surface area contributed by atoms with Crippen LogP contribution in [0.25, 0.3) is 0 Å². The van der Waals surface area contributed by atoms with Gasteiger partial charge >= 0.3 is 0 Å². The van der Waals surface area contributed by atoms with Gasteiger partial charge in [0.15, 0.2) is 0 Å². The molecule has 1 aliphatic rings. The van der Waals surface area contributed by atoms with Gasteiger partial charge in [-0.25, -0.2) is 0 Å². The number of rotatable bonds is 6. The van der Waals surface area contributed by atoms with Crippen molar-refractivity contribution in [3.63, 3.8) is 0 Å². The van der Waals surface area contributed by atoms with E-state index in [1.54, 1.807) is 0 Å². The second-order valence-electron chi connectivity index (χ2n) is 6.98. The van der Waals surface area contributed by atoms with Gasteiger partial charge in [0.1, 0.15) is 0 Å². The van der Waals surface area contributed by atoms with Gasteiger partial charge in [0.05, 0.1) is 4.88 Å². The molecule has 0 bridgehead atoms. The highest BCUT2D eigenvalue weighted by Crippen LogP contribution is 2.21. The maximum Gasteiger partial charge on any atom is 0.263 e. The molecule has 3 rings (SSSR count). The van der Waals surface area contributed by atoms with Crippen LogP contribution in [0.1, 0.15) is 41.4 Å². The van der Waals surface area contributed by atoms with Crippen molar-refractivity contribution in [2.24, 2.45) is 5.92 Å². The Bertz CT molecular complexity index is 707. The molecule has 26 heavy (non-hydrogen) atoms. The van der Waals surface area contributed by atoms with E-state index in [9.17, 15) is 9.59 Å². The standard InChI is InChI=1S/C21H26N2O2S/c1-16(9-10-17-6-3-2-4-7-17)22-20(24)18-11-13-23(14-12-18)21(25)19-8-5-15-26-19/h2-8,15-16,18H,9-14H2,1H3,(H,22,24)/t16-/m0/s1. The van der Waals surface area contributed by atoms with Crippen LogP contribution < -0.4 is 5.32 Å². The molecule has 0 spiro atoms. The third kappa shape index (κ3) is 4.94. The van der Waals surface area contributed by atoms with Crippen LogP contribution in [-0.4, -0.2) is 35.8 Å². The Morgan fingerprint density at radius 3 is 2.54 bits per heavy atom. The van der Waals surface area contributed by atoms with Gasteiger partial charge in [0, 0.05) is 25.0 Å². The van der Waals surface area contributed by atoms with Crippen molar-refractivity contribution in [3.05, 3.63) is 58.3 Å². The molecular weight excluding hydrogens is 344 g/mol. The van der Waals surface area contributed by atoms with Crippen LogP contribution >= 0.6 is 11.3 Å². The predicted octanol–water partition coefficient (Wildman–Crippen LogP) is 3.74. The van der Waals surface area contributed by atoms with Crippen molar-refractivity contribution < 1.29 is 9.59 Å². The number of benzene rings is 1. The zero-order valence-electron chi connectivity index (χ0n) is 15.2. The minimum Gasteiger partial charge on any atom is -0.353 e. The van der Waals surface area contributed by atoms with Gasteiger partial charge in [0.2, 0.25) is 5.91 Å². The van der Waals surface area contributed by atoms with E-state index in [4.69, 9.17) is 0 Å². The zero-order valence-corrected chi connectivity index (χ0v) is 16.0. The van der Waals surface area contributed by atoms with E-state index in [-0.39, 0.29) is 23.8 Å². The van der Waals surface area contributed by atoms with Crippen LogP contribution in [0.2, 0.25) is 0 Å². The lowest BCUT2D eigenvalue weighted by Crippen LogP contribution is -2.44. The molecule has 1 N–H and O–H groups in total. The molecule has 2 heterocycles. The van der Waals surface area contributed by atoms with Gasteiger partial charge < -0.3 is 10.2 Å². The second-order valence-corrected chi connectivity index (χ2v) is 7.93. The number of piperidine rings is 1. The Morgan fingerprint density at radius 2 is 1.88 bits per heavy atom. The lowest BCUT2D eigenvalue weighted by molar-refractivity contribution is -0.126. The Kier molecular flexibility index (Phi) is 6.45. The number of likely N-dealkylation sites (tertiary alicyclic amines) is 1. The molecule has 4 nitrogen and oxygen atoms in total. The summed E-state index contributed by atoms with van der Waals surface area (Å²) >= 11 is 1.47. The Morgan fingerprint density at radius 1 is 1.15 bits per heavy atom. The normalized spacial score (nSPS) is 16.3. The fourth-order valence-corrected chi connectivity index (χ4v) is 4.05. The Hall–Kier alpha value is -2.14. The number of nitrogens with zero attached hydrogens (tertiary/aromatic N) is 1. The quantitative estimate of drug-likeness (QED) is 0.842. The molecule has 0 radical (unpaired) electrons. The van der Waals surface area contributed by atoms with Gasteiger partial charge in [-0.3, -0.25) is 9.59 Å². The molecule has 5 heteroatoms. The Balaban J connectivity index is 1.41. The van der Waals surface area contributed by atoms with Crippen molar-refractivity contribution in [1.82, 2.24) is 10.2 Å².